The van der Waals surface area contributed by atoms with Gasteiger partial charge in [-0.3, -0.25) is 0 Å². The van der Waals surface area contributed by atoms with Gasteiger partial charge in [-0.2, -0.15) is 0 Å². The summed E-state index contributed by atoms with van der Waals surface area (Å²) < 4.78 is 0. The van der Waals surface area contributed by atoms with Gasteiger partial charge < -0.3 is 4.84 Å². The van der Waals surface area contributed by atoms with Crippen LogP contribution in [0.2, 0.25) is 0 Å². The molecular weight excluding hydrogens is 216 g/mol. The lowest BCUT2D eigenvalue weighted by Crippen LogP contribution is -2.19. The molecular formula is C8H8N4O2S. The Morgan fingerprint density at radius 1 is 1.60 bits per heavy atom. The van der Waals surface area contributed by atoms with E-state index in [0.717, 1.165) is 15.3 Å². The molecule has 0 unspecified atom stereocenters. The molecule has 0 fully saturated rings. The molecule has 2 rings (SSSR count). The average Bonchev–Trinajstić information content (AvgIpc) is 2.73. The van der Waals surface area contributed by atoms with Crippen molar-refractivity contribution >= 4 is 17.3 Å². The second-order valence-corrected chi connectivity index (χ2v) is 3.97. The number of carbonyl (C=O) groups excluding carboxylic acids is 1. The predicted octanol–water partition coefficient (Wildman–Crippen LogP) is 0.685. The first-order chi connectivity index (χ1) is 7.18. The van der Waals surface area contributed by atoms with Crippen molar-refractivity contribution in [2.75, 3.05) is 0 Å². The Hall–Kier alpha value is -1.76. The highest BCUT2D eigenvalue weighted by Crippen LogP contribution is 2.24. The monoisotopic (exact) mass is 224 g/mol. The van der Waals surface area contributed by atoms with Crippen molar-refractivity contribution in [3.05, 3.63) is 16.3 Å². The summed E-state index contributed by atoms with van der Waals surface area (Å²) in [6.45, 7) is 3.25. The first-order valence-electron chi connectivity index (χ1n) is 4.20. The van der Waals surface area contributed by atoms with Crippen LogP contribution >= 0.6 is 11.3 Å². The first-order valence-corrected chi connectivity index (χ1v) is 5.08. The molecule has 15 heavy (non-hydrogen) atoms. The van der Waals surface area contributed by atoms with E-state index in [1.165, 1.54) is 6.92 Å². The molecule has 2 heterocycles. The first kappa shape index (κ1) is 9.78. The highest BCUT2D eigenvalue weighted by atomic mass is 32.1. The van der Waals surface area contributed by atoms with E-state index in [1.54, 1.807) is 11.3 Å². The quantitative estimate of drug-likeness (QED) is 0.702. The number of hydrogen-bond donors (Lipinski definition) is 0. The van der Waals surface area contributed by atoms with Crippen molar-refractivity contribution in [3.63, 3.8) is 0 Å². The number of rotatable bonds is 2. The van der Waals surface area contributed by atoms with E-state index in [-0.39, 0.29) is 0 Å². The third-order valence-corrected chi connectivity index (χ3v) is 2.60. The number of carbonyl (C=O) groups is 1. The highest BCUT2D eigenvalue weighted by molar-refractivity contribution is 7.10. The van der Waals surface area contributed by atoms with E-state index in [2.05, 4.69) is 15.5 Å². The largest absolute Gasteiger partial charge is 0.332 e. The van der Waals surface area contributed by atoms with Crippen molar-refractivity contribution in [3.8, 4) is 11.4 Å². The second-order valence-electron chi connectivity index (χ2n) is 2.85. The molecule has 0 bridgehead atoms. The molecule has 2 aromatic heterocycles. The van der Waals surface area contributed by atoms with Gasteiger partial charge in [-0.05, 0) is 33.6 Å². The minimum atomic E-state index is -0.462. The molecule has 0 N–H and O–H groups in total. The Morgan fingerprint density at radius 2 is 2.40 bits per heavy atom. The van der Waals surface area contributed by atoms with Crippen LogP contribution in [0.3, 0.4) is 0 Å². The van der Waals surface area contributed by atoms with E-state index >= 15 is 0 Å². The number of aryl methyl sites for hydroxylation is 1. The molecule has 78 valence electrons. The van der Waals surface area contributed by atoms with Crippen LogP contribution in [-0.4, -0.2) is 26.3 Å². The molecule has 0 radical (unpaired) electrons. The van der Waals surface area contributed by atoms with Gasteiger partial charge in [0.25, 0.3) is 0 Å². The maximum atomic E-state index is 10.8. The van der Waals surface area contributed by atoms with Crippen LogP contribution < -0.4 is 4.84 Å². The van der Waals surface area contributed by atoms with Crippen molar-refractivity contribution in [2.24, 2.45) is 0 Å². The summed E-state index contributed by atoms with van der Waals surface area (Å²) >= 11 is 1.58. The van der Waals surface area contributed by atoms with Gasteiger partial charge in [-0.25, -0.2) is 4.79 Å². The topological polar surface area (TPSA) is 69.9 Å². The molecule has 2 aromatic rings. The van der Waals surface area contributed by atoms with Gasteiger partial charge in [0.2, 0.25) is 5.82 Å². The van der Waals surface area contributed by atoms with Gasteiger partial charge in [0, 0.05) is 17.4 Å². The van der Waals surface area contributed by atoms with E-state index in [0.29, 0.717) is 5.82 Å². The van der Waals surface area contributed by atoms with Crippen LogP contribution in [0.25, 0.3) is 11.4 Å². The van der Waals surface area contributed by atoms with Crippen molar-refractivity contribution in [1.29, 1.82) is 0 Å². The highest BCUT2D eigenvalue weighted by Gasteiger charge is 2.14. The van der Waals surface area contributed by atoms with E-state index in [9.17, 15) is 4.79 Å². The zero-order chi connectivity index (χ0) is 10.8. The lowest BCUT2D eigenvalue weighted by molar-refractivity contribution is -0.143. The van der Waals surface area contributed by atoms with Gasteiger partial charge in [0.05, 0.1) is 0 Å². The molecule has 0 spiro atoms. The van der Waals surface area contributed by atoms with Crippen molar-refractivity contribution in [1.82, 2.24) is 20.4 Å². The fourth-order valence-corrected chi connectivity index (χ4v) is 1.83. The normalized spacial score (nSPS) is 10.3. The van der Waals surface area contributed by atoms with E-state index in [1.807, 2.05) is 18.4 Å². The van der Waals surface area contributed by atoms with Gasteiger partial charge in [-0.15, -0.1) is 16.4 Å². The summed E-state index contributed by atoms with van der Waals surface area (Å²) in [5.41, 5.74) is 0.867. The number of thiophene rings is 1. The maximum absolute atomic E-state index is 10.8. The fourth-order valence-electron chi connectivity index (χ4n) is 1.14. The van der Waals surface area contributed by atoms with Gasteiger partial charge >= 0.3 is 5.97 Å². The maximum Gasteiger partial charge on any atom is 0.332 e. The summed E-state index contributed by atoms with van der Waals surface area (Å²) in [4.78, 5) is 17.7. The molecule has 0 aliphatic rings. The lowest BCUT2D eigenvalue weighted by Gasteiger charge is -2.01. The minimum Gasteiger partial charge on any atom is -0.316 e. The number of aromatic nitrogens is 4. The fraction of sp³-hybridized carbons (Fsp3) is 0.250. The minimum absolute atomic E-state index is 0.434. The summed E-state index contributed by atoms with van der Waals surface area (Å²) in [6, 6.07) is 1.88. The third kappa shape index (κ3) is 1.86. The van der Waals surface area contributed by atoms with Crippen LogP contribution in [0.1, 0.15) is 11.8 Å². The molecule has 0 aromatic carbocycles. The SMILES string of the molecule is CC(=O)On1nnnc1-c1ccsc1C. The molecule has 0 atom stereocenters. The van der Waals surface area contributed by atoms with Crippen LogP contribution in [-0.2, 0) is 4.79 Å². The Balaban J connectivity index is 2.41. The smallest absolute Gasteiger partial charge is 0.316 e. The lowest BCUT2D eigenvalue weighted by atomic mass is 10.2. The van der Waals surface area contributed by atoms with Gasteiger partial charge in [-0.1, -0.05) is 0 Å². The Morgan fingerprint density at radius 3 is 3.00 bits per heavy atom. The Labute approximate surface area is 89.4 Å². The number of hydrogen-bond acceptors (Lipinski definition) is 6. The van der Waals surface area contributed by atoms with Gasteiger partial charge in [0.1, 0.15) is 0 Å². The molecule has 0 saturated heterocycles. The zero-order valence-corrected chi connectivity index (χ0v) is 8.98. The molecule has 0 aliphatic carbocycles. The number of nitrogens with zero attached hydrogens (tertiary/aromatic N) is 4. The summed E-state index contributed by atoms with van der Waals surface area (Å²) in [5, 5.41) is 12.8. The van der Waals surface area contributed by atoms with Crippen LogP contribution in [0.15, 0.2) is 11.4 Å². The summed E-state index contributed by atoms with van der Waals surface area (Å²) in [5.74, 6) is -0.0274. The van der Waals surface area contributed by atoms with Crippen LogP contribution in [0.5, 0.6) is 0 Å². The predicted molar refractivity (Wildman–Crippen MR) is 53.1 cm³/mol. The number of tetrazole rings is 1. The third-order valence-electron chi connectivity index (χ3n) is 1.76. The van der Waals surface area contributed by atoms with E-state index in [4.69, 9.17) is 4.84 Å². The summed E-state index contributed by atoms with van der Waals surface area (Å²) in [7, 11) is 0. The molecule has 6 nitrogen and oxygen atoms in total. The Kier molecular flexibility index (Phi) is 2.46. The molecule has 0 amide bonds. The zero-order valence-electron chi connectivity index (χ0n) is 8.17. The molecule has 0 saturated carbocycles. The van der Waals surface area contributed by atoms with Crippen LogP contribution in [0, 0.1) is 6.92 Å². The molecule has 0 aliphatic heterocycles. The van der Waals surface area contributed by atoms with Crippen molar-refractivity contribution < 1.29 is 9.63 Å². The standard InChI is InChI=1S/C8H8N4O2S/c1-5-7(3-4-15-5)8-9-10-11-12(8)14-6(2)13/h3-4H,1-2H3. The van der Waals surface area contributed by atoms with Gasteiger partial charge in [0.15, 0.2) is 0 Å². The summed E-state index contributed by atoms with van der Waals surface area (Å²) in [6.07, 6.45) is 0. The van der Waals surface area contributed by atoms with Crippen molar-refractivity contribution in [2.45, 2.75) is 13.8 Å². The van der Waals surface area contributed by atoms with E-state index < -0.39 is 5.97 Å². The average molecular weight is 224 g/mol. The van der Waals surface area contributed by atoms with Crippen LogP contribution in [0.4, 0.5) is 0 Å². The molecule has 7 heteroatoms. The second kappa shape index (κ2) is 3.77. The Bertz CT molecular complexity index is 490.